The van der Waals surface area contributed by atoms with Crippen molar-refractivity contribution in [1.29, 1.82) is 0 Å². The molecule has 2 heterocycles. The van der Waals surface area contributed by atoms with Crippen molar-refractivity contribution in [2.75, 3.05) is 5.32 Å². The summed E-state index contributed by atoms with van der Waals surface area (Å²) in [5.41, 5.74) is 0.192. The van der Waals surface area contributed by atoms with Crippen molar-refractivity contribution in [2.24, 2.45) is 0 Å². The summed E-state index contributed by atoms with van der Waals surface area (Å²) < 4.78 is 6.14. The van der Waals surface area contributed by atoms with E-state index >= 15 is 0 Å². The van der Waals surface area contributed by atoms with Gasteiger partial charge in [0, 0.05) is 18.0 Å². The van der Waals surface area contributed by atoms with Crippen molar-refractivity contribution in [1.82, 2.24) is 9.97 Å². The van der Waals surface area contributed by atoms with Crippen molar-refractivity contribution < 1.29 is 9.84 Å². The quantitative estimate of drug-likeness (QED) is 0.613. The molecule has 140 valence electrons. The number of aromatic nitrogens is 2. The second-order valence-corrected chi connectivity index (χ2v) is 7.76. The number of fused-ring (bicyclic) bond motifs is 1. The third-order valence-electron chi connectivity index (χ3n) is 4.94. The Bertz CT molecular complexity index is 944. The normalized spacial score (nSPS) is 22.6. The highest BCUT2D eigenvalue weighted by Gasteiger charge is 2.31. The van der Waals surface area contributed by atoms with Crippen LogP contribution in [0.2, 0.25) is 5.15 Å². The smallest absolute Gasteiger partial charge is 0.138 e. The first-order chi connectivity index (χ1) is 13.0. The van der Waals surface area contributed by atoms with Gasteiger partial charge in [-0.25, -0.2) is 9.97 Å². The summed E-state index contributed by atoms with van der Waals surface area (Å²) in [7, 11) is 0. The molecule has 0 radical (unpaired) electrons. The van der Waals surface area contributed by atoms with Crippen LogP contribution in [0.25, 0.3) is 10.8 Å². The number of hydrogen-bond acceptors (Lipinski definition) is 5. The highest BCUT2D eigenvalue weighted by Crippen LogP contribution is 2.32. The highest BCUT2D eigenvalue weighted by atomic mass is 35.5. The molecule has 0 amide bonds. The third-order valence-corrected chi connectivity index (χ3v) is 5.16. The van der Waals surface area contributed by atoms with E-state index in [-0.39, 0.29) is 6.10 Å². The summed E-state index contributed by atoms with van der Waals surface area (Å²) in [5.74, 6) is 1.57. The maximum atomic E-state index is 10.3. The molecular formula is C21H22ClN3O2. The number of hydrogen-bond donors (Lipinski definition) is 2. The molecule has 0 bridgehead atoms. The number of benzene rings is 1. The Morgan fingerprint density at radius 1 is 1.22 bits per heavy atom. The van der Waals surface area contributed by atoms with Gasteiger partial charge in [0.1, 0.15) is 22.8 Å². The minimum Gasteiger partial charge on any atom is -0.490 e. The van der Waals surface area contributed by atoms with Gasteiger partial charge in [0.05, 0.1) is 17.5 Å². The monoisotopic (exact) mass is 383 g/mol. The van der Waals surface area contributed by atoms with Gasteiger partial charge in [-0.1, -0.05) is 11.6 Å². The first-order valence-corrected chi connectivity index (χ1v) is 9.53. The number of halogens is 1. The zero-order valence-electron chi connectivity index (χ0n) is 15.2. The summed E-state index contributed by atoms with van der Waals surface area (Å²) in [4.78, 5) is 8.52. The molecular weight excluding hydrogens is 362 g/mol. The summed E-state index contributed by atoms with van der Waals surface area (Å²) in [6.45, 7) is 1.89. The number of nitrogens with zero attached hydrogens (tertiary/aromatic N) is 2. The van der Waals surface area contributed by atoms with Gasteiger partial charge < -0.3 is 15.2 Å². The predicted molar refractivity (Wildman–Crippen MR) is 108 cm³/mol. The van der Waals surface area contributed by atoms with Gasteiger partial charge in [-0.2, -0.15) is 0 Å². The molecule has 5 nitrogen and oxygen atoms in total. The second-order valence-electron chi connectivity index (χ2n) is 7.37. The molecule has 1 saturated carbocycles. The second kappa shape index (κ2) is 7.33. The zero-order chi connectivity index (χ0) is 18.9. The van der Waals surface area contributed by atoms with Gasteiger partial charge in [0.2, 0.25) is 0 Å². The molecule has 0 spiro atoms. The molecule has 3 aromatic rings. The van der Waals surface area contributed by atoms with Crippen LogP contribution in [-0.4, -0.2) is 26.8 Å². The number of aliphatic hydroxyl groups is 1. The van der Waals surface area contributed by atoms with Crippen molar-refractivity contribution in [3.63, 3.8) is 0 Å². The number of pyridine rings is 2. The third kappa shape index (κ3) is 4.31. The first-order valence-electron chi connectivity index (χ1n) is 9.15. The van der Waals surface area contributed by atoms with Crippen LogP contribution in [0.3, 0.4) is 0 Å². The average Bonchev–Trinajstić information content (AvgIpc) is 2.63. The Labute approximate surface area is 163 Å². The van der Waals surface area contributed by atoms with Crippen LogP contribution in [0.15, 0.2) is 48.8 Å². The van der Waals surface area contributed by atoms with Crippen LogP contribution in [0.1, 0.15) is 32.6 Å². The van der Waals surface area contributed by atoms with E-state index in [2.05, 4.69) is 15.3 Å². The van der Waals surface area contributed by atoms with E-state index in [1.165, 1.54) is 0 Å². The molecule has 0 saturated heterocycles. The maximum Gasteiger partial charge on any atom is 0.138 e. The Balaban J connectivity index is 1.55. The minimum atomic E-state index is -0.632. The molecule has 1 fully saturated rings. The van der Waals surface area contributed by atoms with E-state index < -0.39 is 5.60 Å². The van der Waals surface area contributed by atoms with Gasteiger partial charge in [-0.15, -0.1) is 0 Å². The minimum absolute atomic E-state index is 0.0470. The Morgan fingerprint density at radius 3 is 2.89 bits per heavy atom. The largest absolute Gasteiger partial charge is 0.490 e. The fourth-order valence-corrected chi connectivity index (χ4v) is 3.73. The topological polar surface area (TPSA) is 67.3 Å². The molecule has 27 heavy (non-hydrogen) atoms. The Kier molecular flexibility index (Phi) is 4.89. The highest BCUT2D eigenvalue weighted by molar-refractivity contribution is 6.29. The van der Waals surface area contributed by atoms with E-state index in [1.807, 2.05) is 37.3 Å². The molecule has 1 aromatic carbocycles. The van der Waals surface area contributed by atoms with Crippen LogP contribution in [0.5, 0.6) is 5.75 Å². The maximum absolute atomic E-state index is 10.3. The van der Waals surface area contributed by atoms with E-state index in [1.54, 1.807) is 18.5 Å². The lowest BCUT2D eigenvalue weighted by Crippen LogP contribution is -2.37. The van der Waals surface area contributed by atoms with E-state index in [0.29, 0.717) is 11.6 Å². The van der Waals surface area contributed by atoms with Crippen LogP contribution >= 0.6 is 11.6 Å². The van der Waals surface area contributed by atoms with Crippen molar-refractivity contribution >= 4 is 33.9 Å². The fourth-order valence-electron chi connectivity index (χ4n) is 3.61. The van der Waals surface area contributed by atoms with Crippen LogP contribution in [-0.2, 0) is 0 Å². The molecule has 0 aliphatic heterocycles. The lowest BCUT2D eigenvalue weighted by molar-refractivity contribution is -0.0232. The van der Waals surface area contributed by atoms with E-state index in [4.69, 9.17) is 16.3 Å². The molecule has 2 N–H and O–H groups in total. The van der Waals surface area contributed by atoms with E-state index in [0.717, 1.165) is 47.3 Å². The number of anilines is 2. The van der Waals surface area contributed by atoms with E-state index in [9.17, 15) is 5.11 Å². The predicted octanol–water partition coefficient (Wildman–Crippen LogP) is 5.10. The summed E-state index contributed by atoms with van der Waals surface area (Å²) in [5, 5.41) is 16.0. The summed E-state index contributed by atoms with van der Waals surface area (Å²) in [6.07, 6.45) is 6.95. The van der Waals surface area contributed by atoms with Crippen LogP contribution < -0.4 is 10.1 Å². The van der Waals surface area contributed by atoms with Crippen molar-refractivity contribution in [2.45, 2.75) is 44.3 Å². The number of ether oxygens (including phenoxy) is 1. The Hall–Kier alpha value is -2.37. The molecule has 6 heteroatoms. The molecule has 1 aliphatic carbocycles. The standard InChI is InChI=1S/C21H22ClN3O2/c1-21(26)9-2-3-17(12-21)27-16-5-6-18-14(11-16)8-10-23-20(18)25-15-4-7-19(22)24-13-15/h4-8,10-11,13,17,26H,2-3,9,12H2,1H3,(H,23,25)/t17-,21+/m0/s1. The van der Waals surface area contributed by atoms with Crippen molar-refractivity contribution in [3.05, 3.63) is 53.9 Å². The lowest BCUT2D eigenvalue weighted by atomic mass is 9.84. The van der Waals surface area contributed by atoms with Crippen LogP contribution in [0, 0.1) is 0 Å². The van der Waals surface area contributed by atoms with Gasteiger partial charge in [-0.05, 0) is 68.0 Å². The molecule has 1 aliphatic rings. The van der Waals surface area contributed by atoms with Crippen molar-refractivity contribution in [3.8, 4) is 5.75 Å². The summed E-state index contributed by atoms with van der Waals surface area (Å²) in [6, 6.07) is 11.5. The number of nitrogens with one attached hydrogen (secondary N) is 1. The zero-order valence-corrected chi connectivity index (χ0v) is 15.9. The van der Waals surface area contributed by atoms with Gasteiger partial charge >= 0.3 is 0 Å². The molecule has 2 aromatic heterocycles. The first kappa shape index (κ1) is 18.0. The van der Waals surface area contributed by atoms with Gasteiger partial charge in [0.15, 0.2) is 0 Å². The number of rotatable bonds is 4. The fraction of sp³-hybridized carbons (Fsp3) is 0.333. The van der Waals surface area contributed by atoms with Gasteiger partial charge in [0.25, 0.3) is 0 Å². The molecule has 0 unspecified atom stereocenters. The average molecular weight is 384 g/mol. The molecule has 4 rings (SSSR count). The van der Waals surface area contributed by atoms with Gasteiger partial charge in [-0.3, -0.25) is 0 Å². The van der Waals surface area contributed by atoms with Crippen LogP contribution in [0.4, 0.5) is 11.5 Å². The molecule has 2 atom stereocenters. The Morgan fingerprint density at radius 2 is 2.11 bits per heavy atom. The summed E-state index contributed by atoms with van der Waals surface area (Å²) >= 11 is 5.84. The lowest BCUT2D eigenvalue weighted by Gasteiger charge is -2.34. The SMILES string of the molecule is C[C@@]1(O)CCC[C@H](Oc2ccc3c(Nc4ccc(Cl)nc4)nccc3c2)C1.